The van der Waals surface area contributed by atoms with Gasteiger partial charge in [-0.3, -0.25) is 14.9 Å². The lowest BCUT2D eigenvalue weighted by Gasteiger charge is -2.23. The zero-order valence-electron chi connectivity index (χ0n) is 19.9. The van der Waals surface area contributed by atoms with Crippen LogP contribution < -0.4 is 24.8 Å². The lowest BCUT2D eigenvalue weighted by atomic mass is 9.96. The van der Waals surface area contributed by atoms with Crippen molar-refractivity contribution in [3.63, 3.8) is 0 Å². The Morgan fingerprint density at radius 3 is 2.14 bits per heavy atom. The molecule has 0 fully saturated rings. The van der Waals surface area contributed by atoms with Crippen LogP contribution in [0.1, 0.15) is 27.5 Å². The molecule has 3 aromatic carbocycles. The summed E-state index contributed by atoms with van der Waals surface area (Å²) in [5.41, 5.74) is 2.30. The van der Waals surface area contributed by atoms with Crippen LogP contribution in [0.4, 0.5) is 5.69 Å². The van der Waals surface area contributed by atoms with E-state index in [9.17, 15) is 9.59 Å². The number of halogens is 1. The first-order chi connectivity index (χ1) is 16.9. The van der Waals surface area contributed by atoms with Crippen LogP contribution in [-0.2, 0) is 9.53 Å². The van der Waals surface area contributed by atoms with Crippen LogP contribution in [0.2, 0.25) is 5.02 Å². The number of carbonyl (C=O) groups is 2. The SMILES string of the molecule is COC(=O)CN[C@H](c1ccccc1)c1cc(Cl)ccc1NC(=O)c1cc(OC)c(OC)cc1OC. The number of hydrogen-bond donors (Lipinski definition) is 2. The molecule has 0 aliphatic heterocycles. The van der Waals surface area contributed by atoms with E-state index in [4.69, 9.17) is 30.5 Å². The van der Waals surface area contributed by atoms with Gasteiger partial charge in [0, 0.05) is 22.8 Å². The highest BCUT2D eigenvalue weighted by molar-refractivity contribution is 6.30. The molecular weight excluding hydrogens is 472 g/mol. The van der Waals surface area contributed by atoms with Gasteiger partial charge < -0.3 is 24.3 Å². The summed E-state index contributed by atoms with van der Waals surface area (Å²) >= 11 is 6.33. The monoisotopic (exact) mass is 498 g/mol. The average molecular weight is 499 g/mol. The van der Waals surface area contributed by atoms with E-state index in [1.807, 2.05) is 30.3 Å². The highest BCUT2D eigenvalue weighted by atomic mass is 35.5. The Balaban J connectivity index is 2.03. The largest absolute Gasteiger partial charge is 0.496 e. The summed E-state index contributed by atoms with van der Waals surface area (Å²) in [5.74, 6) is 0.291. The minimum Gasteiger partial charge on any atom is -0.496 e. The molecule has 1 amide bonds. The summed E-state index contributed by atoms with van der Waals surface area (Å²) in [6.45, 7) is -0.0422. The maximum absolute atomic E-state index is 13.4. The third-order valence-corrected chi connectivity index (χ3v) is 5.57. The van der Waals surface area contributed by atoms with Crippen molar-refractivity contribution in [1.29, 1.82) is 0 Å². The van der Waals surface area contributed by atoms with Gasteiger partial charge in [-0.15, -0.1) is 0 Å². The molecule has 0 aromatic heterocycles. The van der Waals surface area contributed by atoms with Crippen LogP contribution in [0.25, 0.3) is 0 Å². The fourth-order valence-electron chi connectivity index (χ4n) is 3.59. The van der Waals surface area contributed by atoms with Gasteiger partial charge in [-0.05, 0) is 29.3 Å². The second-order valence-electron chi connectivity index (χ2n) is 7.39. The zero-order valence-corrected chi connectivity index (χ0v) is 20.6. The van der Waals surface area contributed by atoms with Gasteiger partial charge in [-0.1, -0.05) is 41.9 Å². The number of ether oxygens (including phenoxy) is 4. The second kappa shape index (κ2) is 12.1. The maximum Gasteiger partial charge on any atom is 0.319 e. The van der Waals surface area contributed by atoms with E-state index in [0.29, 0.717) is 33.5 Å². The lowest BCUT2D eigenvalue weighted by Crippen LogP contribution is -2.30. The zero-order chi connectivity index (χ0) is 25.4. The van der Waals surface area contributed by atoms with Crippen LogP contribution in [0.15, 0.2) is 60.7 Å². The van der Waals surface area contributed by atoms with Crippen molar-refractivity contribution < 1.29 is 28.5 Å². The normalized spacial score (nSPS) is 11.3. The molecule has 3 aromatic rings. The van der Waals surface area contributed by atoms with Gasteiger partial charge in [0.1, 0.15) is 5.75 Å². The Kier molecular flexibility index (Phi) is 8.94. The molecule has 184 valence electrons. The van der Waals surface area contributed by atoms with Crippen LogP contribution in [-0.4, -0.2) is 46.9 Å². The van der Waals surface area contributed by atoms with Gasteiger partial charge in [0.25, 0.3) is 5.91 Å². The fourth-order valence-corrected chi connectivity index (χ4v) is 3.77. The number of anilines is 1. The molecule has 0 saturated heterocycles. The van der Waals surface area contributed by atoms with Gasteiger partial charge in [-0.2, -0.15) is 0 Å². The van der Waals surface area contributed by atoms with Crippen molar-refractivity contribution in [2.45, 2.75) is 6.04 Å². The van der Waals surface area contributed by atoms with Crippen LogP contribution in [0.3, 0.4) is 0 Å². The highest BCUT2D eigenvalue weighted by Gasteiger charge is 2.23. The first-order valence-electron chi connectivity index (χ1n) is 10.7. The van der Waals surface area contributed by atoms with Crippen molar-refractivity contribution in [1.82, 2.24) is 5.32 Å². The first-order valence-corrected chi connectivity index (χ1v) is 11.1. The van der Waals surface area contributed by atoms with E-state index in [1.54, 1.807) is 30.3 Å². The first kappa shape index (κ1) is 25.9. The Labute approximate surface area is 209 Å². The molecule has 0 saturated carbocycles. The molecule has 0 heterocycles. The summed E-state index contributed by atoms with van der Waals surface area (Å²) < 4.78 is 20.8. The summed E-state index contributed by atoms with van der Waals surface area (Å²) in [5, 5.41) is 6.61. The standard InChI is InChI=1S/C26H27ClN2O6/c1-32-21-14-23(34-3)22(33-2)13-19(21)26(31)29-20-11-10-17(27)12-18(20)25(28-15-24(30)35-4)16-8-6-5-7-9-16/h5-14,25,28H,15H2,1-4H3,(H,29,31)/t25-/m1/s1. The molecule has 2 N–H and O–H groups in total. The van der Waals surface area contributed by atoms with Gasteiger partial charge in [-0.25, -0.2) is 0 Å². The Morgan fingerprint density at radius 2 is 1.51 bits per heavy atom. The van der Waals surface area contributed by atoms with Crippen molar-refractivity contribution in [3.8, 4) is 17.2 Å². The number of hydrogen-bond acceptors (Lipinski definition) is 7. The van der Waals surface area contributed by atoms with Crippen molar-refractivity contribution >= 4 is 29.2 Å². The molecule has 9 heteroatoms. The topological polar surface area (TPSA) is 95.1 Å². The molecule has 0 radical (unpaired) electrons. The van der Waals surface area contributed by atoms with E-state index >= 15 is 0 Å². The third-order valence-electron chi connectivity index (χ3n) is 5.33. The second-order valence-corrected chi connectivity index (χ2v) is 7.83. The molecule has 0 aliphatic rings. The number of methoxy groups -OCH3 is 4. The third kappa shape index (κ3) is 6.23. The molecule has 1 atom stereocenters. The van der Waals surface area contributed by atoms with E-state index in [-0.39, 0.29) is 12.1 Å². The summed E-state index contributed by atoms with van der Waals surface area (Å²) in [7, 11) is 5.78. The van der Waals surface area contributed by atoms with Crippen LogP contribution in [0, 0.1) is 0 Å². The summed E-state index contributed by atoms with van der Waals surface area (Å²) in [6, 6.07) is 17.3. The van der Waals surface area contributed by atoms with Gasteiger partial charge in [0.2, 0.25) is 0 Å². The Bertz CT molecular complexity index is 1190. The number of carbonyl (C=O) groups excluding carboxylic acids is 2. The molecule has 8 nitrogen and oxygen atoms in total. The van der Waals surface area contributed by atoms with Gasteiger partial charge in [0.15, 0.2) is 11.5 Å². The minimum absolute atomic E-state index is 0.0422. The van der Waals surface area contributed by atoms with E-state index in [0.717, 1.165) is 5.56 Å². The van der Waals surface area contributed by atoms with Crippen molar-refractivity contribution in [2.24, 2.45) is 0 Å². The minimum atomic E-state index is -0.461. The van der Waals surface area contributed by atoms with E-state index in [2.05, 4.69) is 10.6 Å². The van der Waals surface area contributed by atoms with Gasteiger partial charge in [0.05, 0.1) is 46.6 Å². The smallest absolute Gasteiger partial charge is 0.319 e. The summed E-state index contributed by atoms with van der Waals surface area (Å²) in [6.07, 6.45) is 0. The molecular formula is C26H27ClN2O6. The Hall–Kier alpha value is -3.75. The number of amides is 1. The predicted octanol–water partition coefficient (Wildman–Crippen LogP) is 4.47. The van der Waals surface area contributed by atoms with Crippen molar-refractivity contribution in [3.05, 3.63) is 82.4 Å². The van der Waals surface area contributed by atoms with Crippen molar-refractivity contribution in [2.75, 3.05) is 40.3 Å². The molecule has 3 rings (SSSR count). The Morgan fingerprint density at radius 1 is 0.857 bits per heavy atom. The average Bonchev–Trinajstić information content (AvgIpc) is 2.89. The molecule has 0 unspecified atom stereocenters. The number of benzene rings is 3. The molecule has 0 spiro atoms. The fraction of sp³-hybridized carbons (Fsp3) is 0.231. The van der Waals surface area contributed by atoms with E-state index in [1.165, 1.54) is 28.4 Å². The number of nitrogens with one attached hydrogen (secondary N) is 2. The predicted molar refractivity (Wildman–Crippen MR) is 134 cm³/mol. The van der Waals surface area contributed by atoms with Gasteiger partial charge >= 0.3 is 5.97 Å². The molecule has 35 heavy (non-hydrogen) atoms. The van der Waals surface area contributed by atoms with E-state index < -0.39 is 17.9 Å². The number of rotatable bonds is 10. The van der Waals surface area contributed by atoms with Crippen LogP contribution in [0.5, 0.6) is 17.2 Å². The quantitative estimate of drug-likeness (QED) is 0.398. The molecule has 0 aliphatic carbocycles. The lowest BCUT2D eigenvalue weighted by molar-refractivity contribution is -0.139. The molecule has 0 bridgehead atoms. The maximum atomic E-state index is 13.4. The summed E-state index contributed by atoms with van der Waals surface area (Å²) in [4.78, 5) is 25.2. The number of esters is 1. The van der Waals surface area contributed by atoms with Crippen LogP contribution >= 0.6 is 11.6 Å². The highest BCUT2D eigenvalue weighted by Crippen LogP contribution is 2.36.